The van der Waals surface area contributed by atoms with Gasteiger partial charge in [0.25, 0.3) is 5.91 Å². The average molecular weight is 341 g/mol. The van der Waals surface area contributed by atoms with Crippen LogP contribution < -0.4 is 16.4 Å². The molecule has 0 heterocycles. The van der Waals surface area contributed by atoms with Gasteiger partial charge < -0.3 is 16.4 Å². The van der Waals surface area contributed by atoms with Crippen LogP contribution in [0.5, 0.6) is 0 Å². The number of carbonyl (C=O) groups excluding carboxylic acids is 2. The van der Waals surface area contributed by atoms with Crippen LogP contribution in [0.2, 0.25) is 0 Å². The van der Waals surface area contributed by atoms with Gasteiger partial charge in [-0.25, -0.2) is 4.79 Å². The summed E-state index contributed by atoms with van der Waals surface area (Å²) in [6.45, 7) is 1.20. The van der Waals surface area contributed by atoms with E-state index in [0.717, 1.165) is 29.9 Å². The smallest absolute Gasteiger partial charge is 0.312 e. The Morgan fingerprint density at radius 1 is 0.960 bits per heavy atom. The third-order valence-corrected chi connectivity index (χ3v) is 6.47. The summed E-state index contributed by atoms with van der Waals surface area (Å²) in [5.41, 5.74) is 7.03. The normalized spacial score (nSPS) is 32.4. The highest BCUT2D eigenvalue weighted by atomic mass is 16.2. The van der Waals surface area contributed by atoms with E-state index >= 15 is 0 Å². The first-order valence-corrected chi connectivity index (χ1v) is 9.42. The SMILES string of the molecule is NC(=O)NCc1ccc(C(=O)NCC23CC4CC(CC(C4)C2)C3)cc1. The van der Waals surface area contributed by atoms with Crippen LogP contribution in [0.15, 0.2) is 24.3 Å². The Kier molecular flexibility index (Phi) is 4.18. The molecule has 4 aliphatic rings. The van der Waals surface area contributed by atoms with E-state index in [-0.39, 0.29) is 5.91 Å². The summed E-state index contributed by atoms with van der Waals surface area (Å²) in [5.74, 6) is 2.71. The molecule has 4 aliphatic carbocycles. The van der Waals surface area contributed by atoms with Crippen molar-refractivity contribution in [2.24, 2.45) is 28.9 Å². The minimum absolute atomic E-state index is 0.00477. The molecule has 0 saturated heterocycles. The molecule has 4 fully saturated rings. The van der Waals surface area contributed by atoms with E-state index in [9.17, 15) is 9.59 Å². The van der Waals surface area contributed by atoms with Crippen LogP contribution in [-0.2, 0) is 6.54 Å². The van der Waals surface area contributed by atoms with Crippen molar-refractivity contribution in [3.05, 3.63) is 35.4 Å². The van der Waals surface area contributed by atoms with Crippen molar-refractivity contribution < 1.29 is 9.59 Å². The zero-order chi connectivity index (χ0) is 17.4. The fraction of sp³-hybridized carbons (Fsp3) is 0.600. The third-order valence-electron chi connectivity index (χ3n) is 6.47. The van der Waals surface area contributed by atoms with E-state index in [4.69, 9.17) is 5.73 Å². The number of carbonyl (C=O) groups is 2. The summed E-state index contributed by atoms with van der Waals surface area (Å²) in [6, 6.07) is 6.79. The topological polar surface area (TPSA) is 84.2 Å². The molecular weight excluding hydrogens is 314 g/mol. The minimum atomic E-state index is -0.544. The monoisotopic (exact) mass is 341 g/mol. The second-order valence-electron chi connectivity index (χ2n) is 8.51. The first-order chi connectivity index (χ1) is 12.0. The second-order valence-corrected chi connectivity index (χ2v) is 8.51. The molecule has 1 aromatic carbocycles. The van der Waals surface area contributed by atoms with Gasteiger partial charge in [0.2, 0.25) is 0 Å². The molecule has 4 N–H and O–H groups in total. The largest absolute Gasteiger partial charge is 0.352 e. The molecule has 0 aromatic heterocycles. The summed E-state index contributed by atoms with van der Waals surface area (Å²) >= 11 is 0. The van der Waals surface area contributed by atoms with Crippen LogP contribution in [0, 0.1) is 23.2 Å². The average Bonchev–Trinajstić information content (AvgIpc) is 2.57. The lowest BCUT2D eigenvalue weighted by molar-refractivity contribution is -0.0503. The van der Waals surface area contributed by atoms with Crippen molar-refractivity contribution in [3.63, 3.8) is 0 Å². The maximum absolute atomic E-state index is 12.5. The van der Waals surface area contributed by atoms with E-state index in [0.29, 0.717) is 17.5 Å². The molecule has 0 radical (unpaired) electrons. The number of nitrogens with one attached hydrogen (secondary N) is 2. The number of hydrogen-bond donors (Lipinski definition) is 3. The van der Waals surface area contributed by atoms with E-state index < -0.39 is 6.03 Å². The molecule has 0 spiro atoms. The molecule has 1 aromatic rings. The van der Waals surface area contributed by atoms with E-state index in [1.807, 2.05) is 24.3 Å². The molecule has 134 valence electrons. The number of rotatable bonds is 5. The van der Waals surface area contributed by atoms with Crippen LogP contribution in [-0.4, -0.2) is 18.5 Å². The van der Waals surface area contributed by atoms with Crippen LogP contribution in [0.4, 0.5) is 4.79 Å². The second kappa shape index (κ2) is 6.36. The molecule has 0 aliphatic heterocycles. The molecule has 0 atom stereocenters. The minimum Gasteiger partial charge on any atom is -0.352 e. The van der Waals surface area contributed by atoms with Crippen molar-refractivity contribution >= 4 is 11.9 Å². The van der Waals surface area contributed by atoms with Gasteiger partial charge in [-0.1, -0.05) is 12.1 Å². The van der Waals surface area contributed by atoms with Gasteiger partial charge in [0.1, 0.15) is 0 Å². The lowest BCUT2D eigenvalue weighted by atomic mass is 9.49. The van der Waals surface area contributed by atoms with Gasteiger partial charge in [-0.05, 0) is 79.4 Å². The Balaban J connectivity index is 1.34. The fourth-order valence-electron chi connectivity index (χ4n) is 5.84. The maximum Gasteiger partial charge on any atom is 0.312 e. The Morgan fingerprint density at radius 3 is 2.04 bits per heavy atom. The van der Waals surface area contributed by atoms with Gasteiger partial charge in [0, 0.05) is 18.7 Å². The van der Waals surface area contributed by atoms with Gasteiger partial charge >= 0.3 is 6.03 Å². The lowest BCUT2D eigenvalue weighted by Gasteiger charge is -2.56. The summed E-state index contributed by atoms with van der Waals surface area (Å²) in [5, 5.41) is 5.75. The number of benzene rings is 1. The van der Waals surface area contributed by atoms with Gasteiger partial charge in [0.05, 0.1) is 0 Å². The standard InChI is InChI=1S/C20H27N3O2/c21-19(25)22-11-13-1-3-17(4-2-13)18(24)23-12-20-8-14-5-15(9-20)7-16(6-14)10-20/h1-4,14-16H,5-12H2,(H,23,24)(H3,21,22,25). The number of nitrogens with two attached hydrogens (primary N) is 1. The van der Waals surface area contributed by atoms with Crippen LogP contribution >= 0.6 is 0 Å². The number of hydrogen-bond acceptors (Lipinski definition) is 2. The van der Waals surface area contributed by atoms with Crippen molar-refractivity contribution in [2.75, 3.05) is 6.54 Å². The molecule has 4 bridgehead atoms. The van der Waals surface area contributed by atoms with Crippen LogP contribution in [0.25, 0.3) is 0 Å². The lowest BCUT2D eigenvalue weighted by Crippen LogP contribution is -2.51. The van der Waals surface area contributed by atoms with Gasteiger partial charge in [-0.15, -0.1) is 0 Å². The zero-order valence-corrected chi connectivity index (χ0v) is 14.6. The maximum atomic E-state index is 12.5. The summed E-state index contributed by atoms with van der Waals surface area (Å²) in [7, 11) is 0. The van der Waals surface area contributed by atoms with Crippen molar-refractivity contribution in [3.8, 4) is 0 Å². The Morgan fingerprint density at radius 2 is 1.52 bits per heavy atom. The molecule has 5 rings (SSSR count). The summed E-state index contributed by atoms with van der Waals surface area (Å²) in [4.78, 5) is 23.3. The van der Waals surface area contributed by atoms with Crippen LogP contribution in [0.3, 0.4) is 0 Å². The molecule has 0 unspecified atom stereocenters. The molecule has 3 amide bonds. The van der Waals surface area contributed by atoms with Crippen LogP contribution in [0.1, 0.15) is 54.4 Å². The fourth-order valence-corrected chi connectivity index (χ4v) is 5.84. The number of amides is 3. The van der Waals surface area contributed by atoms with E-state index in [2.05, 4.69) is 10.6 Å². The van der Waals surface area contributed by atoms with Crippen molar-refractivity contribution in [1.29, 1.82) is 0 Å². The third kappa shape index (κ3) is 3.51. The molecule has 5 heteroatoms. The quantitative estimate of drug-likeness (QED) is 0.769. The van der Waals surface area contributed by atoms with Gasteiger partial charge in [0.15, 0.2) is 0 Å². The number of urea groups is 1. The highest BCUT2D eigenvalue weighted by Crippen LogP contribution is 2.59. The zero-order valence-electron chi connectivity index (χ0n) is 14.6. The summed E-state index contributed by atoms with van der Waals surface area (Å²) in [6.07, 6.45) is 8.18. The van der Waals surface area contributed by atoms with E-state index in [1.165, 1.54) is 38.5 Å². The van der Waals surface area contributed by atoms with E-state index in [1.54, 1.807) is 0 Å². The van der Waals surface area contributed by atoms with Gasteiger partial charge in [-0.2, -0.15) is 0 Å². The Bertz CT molecular complexity index is 633. The first kappa shape index (κ1) is 16.4. The molecule has 25 heavy (non-hydrogen) atoms. The molecule has 5 nitrogen and oxygen atoms in total. The predicted molar refractivity (Wildman–Crippen MR) is 95.8 cm³/mol. The highest BCUT2D eigenvalue weighted by molar-refractivity contribution is 5.94. The Labute approximate surface area is 148 Å². The van der Waals surface area contributed by atoms with Gasteiger partial charge in [-0.3, -0.25) is 4.79 Å². The Hall–Kier alpha value is -2.04. The van der Waals surface area contributed by atoms with Crippen molar-refractivity contribution in [1.82, 2.24) is 10.6 Å². The molecular formula is C20H27N3O2. The first-order valence-electron chi connectivity index (χ1n) is 9.42. The number of primary amides is 1. The highest BCUT2D eigenvalue weighted by Gasteiger charge is 2.50. The predicted octanol–water partition coefficient (Wildman–Crippen LogP) is 2.80. The summed E-state index contributed by atoms with van der Waals surface area (Å²) < 4.78 is 0. The molecule has 4 saturated carbocycles. The van der Waals surface area contributed by atoms with Crippen molar-refractivity contribution in [2.45, 2.75) is 45.1 Å².